The van der Waals surface area contributed by atoms with Gasteiger partial charge in [-0.05, 0) is 29.8 Å². The molecule has 0 aromatic heterocycles. The fraction of sp³-hybridized carbons (Fsp3) is 0.235. The van der Waals surface area contributed by atoms with E-state index in [0.717, 1.165) is 0 Å². The Bertz CT molecular complexity index is 693. The first-order valence-corrected chi connectivity index (χ1v) is 6.85. The van der Waals surface area contributed by atoms with E-state index in [2.05, 4.69) is 0 Å². The summed E-state index contributed by atoms with van der Waals surface area (Å²) in [6, 6.07) is 12.0. The predicted octanol–water partition coefficient (Wildman–Crippen LogP) is 2.38. The zero-order chi connectivity index (χ0) is 15.7. The standard InChI is InChI=1S/C17H16O5/c1-20-11-5-3-10(4-6-11)17-16(19)15(18)13-8-7-12(21-2)9-14(13)22-17/h3-9,16-17,19H,1-2H3/t16-,17-/m0/s1. The molecule has 3 rings (SSSR count). The molecule has 0 amide bonds. The number of Topliss-reactive ketones (excluding diaryl/α,β-unsaturated/α-hetero) is 1. The number of methoxy groups -OCH3 is 2. The van der Waals surface area contributed by atoms with Crippen molar-refractivity contribution in [3.63, 3.8) is 0 Å². The molecule has 1 N–H and O–H groups in total. The molecule has 1 heterocycles. The van der Waals surface area contributed by atoms with E-state index < -0.39 is 12.2 Å². The zero-order valence-electron chi connectivity index (χ0n) is 12.3. The highest BCUT2D eigenvalue weighted by Gasteiger charge is 2.37. The number of ether oxygens (including phenoxy) is 3. The first-order chi connectivity index (χ1) is 10.6. The van der Waals surface area contributed by atoms with Crippen LogP contribution in [-0.4, -0.2) is 31.2 Å². The number of fused-ring (bicyclic) bond motifs is 1. The molecule has 0 aliphatic carbocycles. The molecular formula is C17H16O5. The van der Waals surface area contributed by atoms with Crippen LogP contribution in [0, 0.1) is 0 Å². The van der Waals surface area contributed by atoms with Crippen LogP contribution in [0.1, 0.15) is 22.0 Å². The Morgan fingerprint density at radius 1 is 1.00 bits per heavy atom. The summed E-state index contributed by atoms with van der Waals surface area (Å²) in [6.07, 6.45) is -1.99. The highest BCUT2D eigenvalue weighted by molar-refractivity contribution is 6.03. The van der Waals surface area contributed by atoms with Gasteiger partial charge >= 0.3 is 0 Å². The summed E-state index contributed by atoms with van der Waals surface area (Å²) in [4.78, 5) is 12.3. The highest BCUT2D eigenvalue weighted by atomic mass is 16.5. The number of aliphatic hydroxyl groups is 1. The van der Waals surface area contributed by atoms with E-state index in [1.165, 1.54) is 0 Å². The number of hydrogen-bond acceptors (Lipinski definition) is 5. The maximum absolute atomic E-state index is 12.3. The molecule has 114 valence electrons. The summed E-state index contributed by atoms with van der Waals surface area (Å²) >= 11 is 0. The van der Waals surface area contributed by atoms with Crippen LogP contribution >= 0.6 is 0 Å². The van der Waals surface area contributed by atoms with Crippen molar-refractivity contribution in [1.82, 2.24) is 0 Å². The highest BCUT2D eigenvalue weighted by Crippen LogP contribution is 2.37. The lowest BCUT2D eigenvalue weighted by atomic mass is 9.93. The maximum Gasteiger partial charge on any atom is 0.199 e. The van der Waals surface area contributed by atoms with Gasteiger partial charge in [-0.2, -0.15) is 0 Å². The normalized spacial score (nSPS) is 20.0. The molecule has 2 aromatic rings. The van der Waals surface area contributed by atoms with E-state index in [1.807, 2.05) is 0 Å². The molecule has 5 nitrogen and oxygen atoms in total. The number of carbonyl (C=O) groups is 1. The number of carbonyl (C=O) groups excluding carboxylic acids is 1. The van der Waals surface area contributed by atoms with E-state index in [-0.39, 0.29) is 5.78 Å². The number of rotatable bonds is 3. The molecule has 0 radical (unpaired) electrons. The molecule has 1 aliphatic heterocycles. The van der Waals surface area contributed by atoms with Gasteiger partial charge in [0.15, 0.2) is 18.0 Å². The summed E-state index contributed by atoms with van der Waals surface area (Å²) in [6.45, 7) is 0. The van der Waals surface area contributed by atoms with Crippen LogP contribution in [-0.2, 0) is 0 Å². The molecule has 1 aliphatic rings. The molecule has 0 unspecified atom stereocenters. The van der Waals surface area contributed by atoms with Crippen molar-refractivity contribution in [2.24, 2.45) is 0 Å². The van der Waals surface area contributed by atoms with Gasteiger partial charge in [-0.1, -0.05) is 12.1 Å². The summed E-state index contributed by atoms with van der Waals surface area (Å²) in [5.74, 6) is 1.35. The first-order valence-electron chi connectivity index (χ1n) is 6.85. The van der Waals surface area contributed by atoms with Crippen LogP contribution < -0.4 is 14.2 Å². The van der Waals surface area contributed by atoms with E-state index in [0.29, 0.717) is 28.4 Å². The van der Waals surface area contributed by atoms with Gasteiger partial charge in [0.1, 0.15) is 17.2 Å². The smallest absolute Gasteiger partial charge is 0.199 e. The molecule has 2 aromatic carbocycles. The molecule has 0 saturated heterocycles. The molecular weight excluding hydrogens is 284 g/mol. The van der Waals surface area contributed by atoms with Crippen molar-refractivity contribution < 1.29 is 24.1 Å². The SMILES string of the molecule is COc1ccc([C@@H]2Oc3cc(OC)ccc3C(=O)[C@@H]2O)cc1. The average Bonchev–Trinajstić information content (AvgIpc) is 2.57. The second-order valence-electron chi connectivity index (χ2n) is 4.98. The van der Waals surface area contributed by atoms with Crippen LogP contribution in [0.3, 0.4) is 0 Å². The van der Waals surface area contributed by atoms with Gasteiger partial charge < -0.3 is 19.3 Å². The Balaban J connectivity index is 1.97. The van der Waals surface area contributed by atoms with Crippen LogP contribution in [0.4, 0.5) is 0 Å². The van der Waals surface area contributed by atoms with Gasteiger partial charge in [-0.3, -0.25) is 4.79 Å². The number of hydrogen-bond donors (Lipinski definition) is 1. The van der Waals surface area contributed by atoms with Crippen molar-refractivity contribution >= 4 is 5.78 Å². The van der Waals surface area contributed by atoms with Crippen molar-refractivity contribution in [3.8, 4) is 17.2 Å². The number of ketones is 1. The summed E-state index contributed by atoms with van der Waals surface area (Å²) < 4.78 is 16.1. The molecule has 0 saturated carbocycles. The van der Waals surface area contributed by atoms with Gasteiger partial charge in [0.05, 0.1) is 19.8 Å². The van der Waals surface area contributed by atoms with E-state index in [9.17, 15) is 9.90 Å². The quantitative estimate of drug-likeness (QED) is 0.943. The van der Waals surface area contributed by atoms with E-state index in [1.54, 1.807) is 56.7 Å². The lowest BCUT2D eigenvalue weighted by Crippen LogP contribution is -2.36. The maximum atomic E-state index is 12.3. The van der Waals surface area contributed by atoms with E-state index in [4.69, 9.17) is 14.2 Å². The van der Waals surface area contributed by atoms with Crippen molar-refractivity contribution in [2.75, 3.05) is 14.2 Å². The zero-order valence-corrected chi connectivity index (χ0v) is 12.3. The van der Waals surface area contributed by atoms with Crippen molar-refractivity contribution in [3.05, 3.63) is 53.6 Å². The van der Waals surface area contributed by atoms with Gasteiger partial charge in [0.25, 0.3) is 0 Å². The molecule has 0 spiro atoms. The van der Waals surface area contributed by atoms with Crippen LogP contribution in [0.5, 0.6) is 17.2 Å². The van der Waals surface area contributed by atoms with Gasteiger partial charge in [0.2, 0.25) is 0 Å². The molecule has 2 atom stereocenters. The minimum absolute atomic E-state index is 0.357. The lowest BCUT2D eigenvalue weighted by molar-refractivity contribution is 0.0215. The fourth-order valence-corrected chi connectivity index (χ4v) is 2.47. The second-order valence-corrected chi connectivity index (χ2v) is 4.98. The Kier molecular flexibility index (Phi) is 3.73. The Morgan fingerprint density at radius 2 is 1.64 bits per heavy atom. The minimum atomic E-state index is -1.24. The monoisotopic (exact) mass is 300 g/mol. The molecule has 22 heavy (non-hydrogen) atoms. The molecule has 0 fully saturated rings. The first kappa shape index (κ1) is 14.4. The number of aliphatic hydroxyl groups excluding tert-OH is 1. The van der Waals surface area contributed by atoms with Crippen LogP contribution in [0.2, 0.25) is 0 Å². The van der Waals surface area contributed by atoms with Gasteiger partial charge in [-0.15, -0.1) is 0 Å². The summed E-state index contributed by atoms with van der Waals surface area (Å²) in [5.41, 5.74) is 1.06. The molecule has 0 bridgehead atoms. The van der Waals surface area contributed by atoms with Crippen LogP contribution in [0.15, 0.2) is 42.5 Å². The Labute approximate surface area is 128 Å². The van der Waals surface area contributed by atoms with Gasteiger partial charge in [-0.25, -0.2) is 0 Å². The van der Waals surface area contributed by atoms with E-state index >= 15 is 0 Å². The topological polar surface area (TPSA) is 65.0 Å². The third-order valence-electron chi connectivity index (χ3n) is 3.71. The largest absolute Gasteiger partial charge is 0.497 e. The predicted molar refractivity (Wildman–Crippen MR) is 79.7 cm³/mol. The molecule has 5 heteroatoms. The van der Waals surface area contributed by atoms with Gasteiger partial charge in [0, 0.05) is 6.07 Å². The van der Waals surface area contributed by atoms with Crippen molar-refractivity contribution in [1.29, 1.82) is 0 Å². The second kappa shape index (κ2) is 5.69. The Hall–Kier alpha value is -2.53. The fourth-order valence-electron chi connectivity index (χ4n) is 2.47. The lowest BCUT2D eigenvalue weighted by Gasteiger charge is -2.30. The van der Waals surface area contributed by atoms with Crippen molar-refractivity contribution in [2.45, 2.75) is 12.2 Å². The average molecular weight is 300 g/mol. The Morgan fingerprint density at radius 3 is 2.27 bits per heavy atom. The number of benzene rings is 2. The third-order valence-corrected chi connectivity index (χ3v) is 3.71. The third kappa shape index (κ3) is 2.40. The minimum Gasteiger partial charge on any atom is -0.497 e. The van der Waals surface area contributed by atoms with Crippen LogP contribution in [0.25, 0.3) is 0 Å². The summed E-state index contributed by atoms with van der Waals surface area (Å²) in [5, 5.41) is 10.3. The summed E-state index contributed by atoms with van der Waals surface area (Å²) in [7, 11) is 3.12.